The number of nitrogens with zero attached hydrogens (tertiary/aromatic N) is 3. The summed E-state index contributed by atoms with van der Waals surface area (Å²) >= 11 is 0. The summed E-state index contributed by atoms with van der Waals surface area (Å²) in [7, 11) is -3.75. The molecule has 0 amide bonds. The van der Waals surface area contributed by atoms with Gasteiger partial charge in [0.25, 0.3) is 0 Å². The maximum absolute atomic E-state index is 12.9. The molecule has 0 fully saturated rings. The molecule has 0 bridgehead atoms. The van der Waals surface area contributed by atoms with Crippen molar-refractivity contribution in [2.24, 2.45) is 0 Å². The molecule has 0 radical (unpaired) electrons. The molecule has 2 aromatic heterocycles. The zero-order valence-electron chi connectivity index (χ0n) is 14.2. The Morgan fingerprint density at radius 3 is 2.58 bits per heavy atom. The summed E-state index contributed by atoms with van der Waals surface area (Å²) in [6, 6.07) is 13.7. The van der Waals surface area contributed by atoms with Crippen molar-refractivity contribution >= 4 is 10.0 Å². The van der Waals surface area contributed by atoms with Gasteiger partial charge in [0, 0.05) is 12.3 Å². The fourth-order valence-corrected chi connectivity index (χ4v) is 3.70. The van der Waals surface area contributed by atoms with Crippen LogP contribution < -0.4 is 0 Å². The monoisotopic (exact) mass is 367 g/mol. The minimum atomic E-state index is -3.75. The number of aromatic nitrogens is 2. The number of hydrogen-bond acceptors (Lipinski definition) is 5. The quantitative estimate of drug-likeness (QED) is 0.626. The molecule has 7 heteroatoms. The number of rotatable bonds is 6. The Bertz CT molecular complexity index is 1020. The van der Waals surface area contributed by atoms with Gasteiger partial charge in [-0.2, -0.15) is 4.31 Å². The first-order valence-corrected chi connectivity index (χ1v) is 9.32. The summed E-state index contributed by atoms with van der Waals surface area (Å²) in [5, 5.41) is 3.96. The second-order valence-electron chi connectivity index (χ2n) is 5.68. The van der Waals surface area contributed by atoms with Crippen molar-refractivity contribution in [1.82, 2.24) is 14.4 Å². The van der Waals surface area contributed by atoms with Crippen molar-refractivity contribution in [2.75, 3.05) is 6.54 Å². The molecule has 6 nitrogen and oxygen atoms in total. The molecule has 0 spiro atoms. The lowest BCUT2D eigenvalue weighted by molar-refractivity contribution is 0.336. The average Bonchev–Trinajstić information content (AvgIpc) is 3.11. The molecule has 0 aliphatic heterocycles. The van der Waals surface area contributed by atoms with Gasteiger partial charge in [-0.3, -0.25) is 4.98 Å². The molecule has 0 aliphatic carbocycles. The molecule has 0 saturated carbocycles. The first kappa shape index (κ1) is 17.9. The van der Waals surface area contributed by atoms with E-state index in [2.05, 4.69) is 16.1 Å². The highest BCUT2D eigenvalue weighted by atomic mass is 32.2. The fraction of sp³-hybridized carbons (Fsp3) is 0.158. The molecule has 0 aliphatic rings. The van der Waals surface area contributed by atoms with Crippen LogP contribution in [-0.4, -0.2) is 29.4 Å². The van der Waals surface area contributed by atoms with Gasteiger partial charge in [0.05, 0.1) is 23.7 Å². The SMILES string of the molecule is C#CCN(Cc1cc(-c2ccccn2)no1)S(=O)(=O)c1ccc(C)cc1. The number of terminal acetylenes is 1. The van der Waals surface area contributed by atoms with Gasteiger partial charge in [0.1, 0.15) is 5.69 Å². The molecule has 26 heavy (non-hydrogen) atoms. The Hall–Kier alpha value is -2.95. The largest absolute Gasteiger partial charge is 0.359 e. The molecule has 3 rings (SSSR count). The van der Waals surface area contributed by atoms with Crippen molar-refractivity contribution in [3.8, 4) is 23.7 Å². The molecule has 3 aromatic rings. The summed E-state index contributed by atoms with van der Waals surface area (Å²) in [6.45, 7) is 1.80. The van der Waals surface area contributed by atoms with Crippen LogP contribution >= 0.6 is 0 Å². The third-order valence-electron chi connectivity index (χ3n) is 3.74. The molecule has 0 saturated heterocycles. The van der Waals surface area contributed by atoms with Gasteiger partial charge in [-0.15, -0.1) is 6.42 Å². The molecule has 132 valence electrons. The van der Waals surface area contributed by atoms with Gasteiger partial charge in [-0.05, 0) is 31.2 Å². The van der Waals surface area contributed by atoms with Crippen LogP contribution in [0.4, 0.5) is 0 Å². The third-order valence-corrected chi connectivity index (χ3v) is 5.55. The summed E-state index contributed by atoms with van der Waals surface area (Å²) in [4.78, 5) is 4.38. The molecule has 0 unspecified atom stereocenters. The van der Waals surface area contributed by atoms with E-state index in [0.29, 0.717) is 17.1 Å². The van der Waals surface area contributed by atoms with Crippen LogP contribution in [0.1, 0.15) is 11.3 Å². The van der Waals surface area contributed by atoms with E-state index in [-0.39, 0.29) is 18.0 Å². The minimum absolute atomic E-state index is 0.0136. The van der Waals surface area contributed by atoms with Crippen LogP contribution in [0.2, 0.25) is 0 Å². The average molecular weight is 367 g/mol. The van der Waals surface area contributed by atoms with Gasteiger partial charge in [-0.1, -0.05) is 34.8 Å². The van der Waals surface area contributed by atoms with Crippen LogP contribution in [0.3, 0.4) is 0 Å². The predicted octanol–water partition coefficient (Wildman–Crippen LogP) is 2.87. The Kier molecular flexibility index (Phi) is 5.16. The van der Waals surface area contributed by atoms with E-state index in [1.54, 1.807) is 48.7 Å². The highest BCUT2D eigenvalue weighted by molar-refractivity contribution is 7.89. The van der Waals surface area contributed by atoms with Gasteiger partial charge < -0.3 is 4.52 Å². The van der Waals surface area contributed by atoms with E-state index < -0.39 is 10.0 Å². The smallest absolute Gasteiger partial charge is 0.244 e. The van der Waals surface area contributed by atoms with E-state index in [1.807, 2.05) is 13.0 Å². The lowest BCUT2D eigenvalue weighted by Gasteiger charge is -2.18. The molecule has 1 aromatic carbocycles. The summed E-state index contributed by atoms with van der Waals surface area (Å²) in [5.41, 5.74) is 2.16. The Balaban J connectivity index is 1.86. The first-order valence-electron chi connectivity index (χ1n) is 7.88. The molecule has 2 heterocycles. The normalized spacial score (nSPS) is 11.4. The maximum Gasteiger partial charge on any atom is 0.244 e. The number of pyridine rings is 1. The Labute approximate surface area is 152 Å². The fourth-order valence-electron chi connectivity index (χ4n) is 2.38. The highest BCUT2D eigenvalue weighted by Crippen LogP contribution is 2.21. The zero-order chi connectivity index (χ0) is 18.6. The standard InChI is InChI=1S/C19H17N3O3S/c1-3-12-22(26(23,24)17-9-7-15(2)8-10-17)14-16-13-19(21-25-16)18-6-4-5-11-20-18/h1,4-11,13H,12,14H2,2H3. The Morgan fingerprint density at radius 1 is 1.15 bits per heavy atom. The van der Waals surface area contributed by atoms with Crippen molar-refractivity contribution in [3.63, 3.8) is 0 Å². The molecule has 0 atom stereocenters. The third kappa shape index (κ3) is 3.82. The lowest BCUT2D eigenvalue weighted by Crippen LogP contribution is -2.31. The van der Waals surface area contributed by atoms with Crippen LogP contribution in [0.5, 0.6) is 0 Å². The van der Waals surface area contributed by atoms with E-state index in [9.17, 15) is 8.42 Å². The lowest BCUT2D eigenvalue weighted by atomic mass is 10.2. The number of hydrogen-bond donors (Lipinski definition) is 0. The highest BCUT2D eigenvalue weighted by Gasteiger charge is 2.25. The van der Waals surface area contributed by atoms with Crippen LogP contribution in [0.25, 0.3) is 11.4 Å². The second-order valence-corrected chi connectivity index (χ2v) is 7.62. The van der Waals surface area contributed by atoms with E-state index in [0.717, 1.165) is 5.56 Å². The number of sulfonamides is 1. The van der Waals surface area contributed by atoms with Gasteiger partial charge in [0.15, 0.2) is 5.76 Å². The van der Waals surface area contributed by atoms with Crippen molar-refractivity contribution < 1.29 is 12.9 Å². The molecular weight excluding hydrogens is 350 g/mol. The summed E-state index contributed by atoms with van der Waals surface area (Å²) in [6.07, 6.45) is 7.01. The topological polar surface area (TPSA) is 76.3 Å². The zero-order valence-corrected chi connectivity index (χ0v) is 15.0. The summed E-state index contributed by atoms with van der Waals surface area (Å²) in [5.74, 6) is 2.77. The van der Waals surface area contributed by atoms with E-state index in [1.165, 1.54) is 4.31 Å². The van der Waals surface area contributed by atoms with E-state index in [4.69, 9.17) is 10.9 Å². The predicted molar refractivity (Wildman–Crippen MR) is 97.3 cm³/mol. The van der Waals surface area contributed by atoms with Gasteiger partial charge in [0.2, 0.25) is 10.0 Å². The minimum Gasteiger partial charge on any atom is -0.359 e. The van der Waals surface area contributed by atoms with E-state index >= 15 is 0 Å². The van der Waals surface area contributed by atoms with Gasteiger partial charge in [-0.25, -0.2) is 8.42 Å². The van der Waals surface area contributed by atoms with Crippen molar-refractivity contribution in [3.05, 3.63) is 66.1 Å². The van der Waals surface area contributed by atoms with Crippen LogP contribution in [0.15, 0.2) is 64.1 Å². The molecule has 0 N–H and O–H groups in total. The van der Waals surface area contributed by atoms with Crippen LogP contribution in [-0.2, 0) is 16.6 Å². The molecular formula is C19H17N3O3S. The number of aryl methyl sites for hydroxylation is 1. The summed E-state index contributed by atoms with van der Waals surface area (Å²) < 4.78 is 32.2. The maximum atomic E-state index is 12.9. The Morgan fingerprint density at radius 2 is 1.92 bits per heavy atom. The van der Waals surface area contributed by atoms with Crippen molar-refractivity contribution in [2.45, 2.75) is 18.4 Å². The van der Waals surface area contributed by atoms with Crippen LogP contribution in [0, 0.1) is 19.3 Å². The van der Waals surface area contributed by atoms with Crippen molar-refractivity contribution in [1.29, 1.82) is 0 Å². The first-order chi connectivity index (χ1) is 12.5. The number of benzene rings is 1. The second kappa shape index (κ2) is 7.52. The van der Waals surface area contributed by atoms with Gasteiger partial charge >= 0.3 is 0 Å².